The lowest BCUT2D eigenvalue weighted by Crippen LogP contribution is -2.16. The van der Waals surface area contributed by atoms with Crippen LogP contribution in [-0.4, -0.2) is 0 Å². The van der Waals surface area contributed by atoms with Gasteiger partial charge < -0.3 is 5.73 Å². The van der Waals surface area contributed by atoms with Crippen LogP contribution in [0, 0.1) is 18.6 Å². The molecule has 0 saturated carbocycles. The Kier molecular flexibility index (Phi) is 4.32. The molecule has 0 amide bonds. The zero-order valence-corrected chi connectivity index (χ0v) is 12.0. The Balaban J connectivity index is 2.32. The smallest absolute Gasteiger partial charge is 0.143 e. The zero-order chi connectivity index (χ0) is 14.0. The third-order valence-corrected chi connectivity index (χ3v) is 3.76. The molecule has 0 bridgehead atoms. The van der Waals surface area contributed by atoms with Gasteiger partial charge in [0.1, 0.15) is 11.6 Å². The van der Waals surface area contributed by atoms with Gasteiger partial charge in [0.15, 0.2) is 0 Å². The fraction of sp³-hybridized carbons (Fsp3) is 0.200. The number of hydrogen-bond donors (Lipinski definition) is 1. The van der Waals surface area contributed by atoms with Gasteiger partial charge in [0, 0.05) is 11.6 Å². The van der Waals surface area contributed by atoms with E-state index in [1.54, 1.807) is 0 Å². The number of rotatable bonds is 3. The quantitative estimate of drug-likeness (QED) is 0.837. The Bertz CT molecular complexity index is 599. The molecule has 0 aliphatic heterocycles. The van der Waals surface area contributed by atoms with Crippen LogP contribution < -0.4 is 5.73 Å². The summed E-state index contributed by atoms with van der Waals surface area (Å²) in [7, 11) is 0. The lowest BCUT2D eigenvalue weighted by molar-refractivity contribution is 0.535. The van der Waals surface area contributed by atoms with Crippen LogP contribution in [0.4, 0.5) is 8.78 Å². The van der Waals surface area contributed by atoms with Gasteiger partial charge in [-0.25, -0.2) is 8.78 Å². The van der Waals surface area contributed by atoms with Gasteiger partial charge in [-0.05, 0) is 52.5 Å². The molecule has 0 spiro atoms. The van der Waals surface area contributed by atoms with Gasteiger partial charge in [-0.3, -0.25) is 0 Å². The largest absolute Gasteiger partial charge is 0.324 e. The molecule has 0 fully saturated rings. The van der Waals surface area contributed by atoms with Gasteiger partial charge >= 0.3 is 0 Å². The van der Waals surface area contributed by atoms with Crippen molar-refractivity contribution in [2.24, 2.45) is 5.73 Å². The van der Waals surface area contributed by atoms with Crippen LogP contribution in [0.1, 0.15) is 22.7 Å². The van der Waals surface area contributed by atoms with Crippen molar-refractivity contribution in [2.75, 3.05) is 0 Å². The number of halogens is 3. The molecule has 0 heterocycles. The topological polar surface area (TPSA) is 26.0 Å². The van der Waals surface area contributed by atoms with Crippen LogP contribution in [0.5, 0.6) is 0 Å². The molecule has 2 N–H and O–H groups in total. The van der Waals surface area contributed by atoms with Gasteiger partial charge in [-0.15, -0.1) is 0 Å². The summed E-state index contributed by atoms with van der Waals surface area (Å²) in [6.07, 6.45) is 0.127. The van der Waals surface area contributed by atoms with Gasteiger partial charge in [0.25, 0.3) is 0 Å². The lowest BCUT2D eigenvalue weighted by atomic mass is 9.96. The van der Waals surface area contributed by atoms with E-state index in [9.17, 15) is 8.78 Å². The first-order valence-electron chi connectivity index (χ1n) is 5.94. The maximum absolute atomic E-state index is 13.9. The van der Waals surface area contributed by atoms with E-state index >= 15 is 0 Å². The predicted molar refractivity (Wildman–Crippen MR) is 75.9 cm³/mol. The van der Waals surface area contributed by atoms with Crippen LogP contribution in [0.2, 0.25) is 0 Å². The first-order chi connectivity index (χ1) is 9.00. The van der Waals surface area contributed by atoms with Crippen molar-refractivity contribution in [2.45, 2.75) is 19.4 Å². The summed E-state index contributed by atoms with van der Waals surface area (Å²) < 4.78 is 27.8. The summed E-state index contributed by atoms with van der Waals surface area (Å²) in [5.41, 5.74) is 8.01. The average molecular weight is 326 g/mol. The standard InChI is InChI=1S/C15H14BrF2N/c1-9-4-2-3-5-10(9)14(19)8-11-13(17)7-6-12(16)15(11)18/h2-7,14H,8,19H2,1H3. The molecule has 0 aromatic heterocycles. The molecule has 0 saturated heterocycles. The van der Waals surface area contributed by atoms with Crippen LogP contribution in [-0.2, 0) is 6.42 Å². The molecule has 1 unspecified atom stereocenters. The van der Waals surface area contributed by atoms with E-state index in [2.05, 4.69) is 15.9 Å². The first kappa shape index (κ1) is 14.2. The van der Waals surface area contributed by atoms with E-state index in [0.717, 1.165) is 11.1 Å². The van der Waals surface area contributed by atoms with Gasteiger partial charge in [-0.1, -0.05) is 24.3 Å². The molecule has 0 aliphatic carbocycles. The average Bonchev–Trinajstić information content (AvgIpc) is 2.39. The molecule has 1 atom stereocenters. The van der Waals surface area contributed by atoms with E-state index in [4.69, 9.17) is 5.73 Å². The predicted octanol–water partition coefficient (Wildman–Crippen LogP) is 4.28. The SMILES string of the molecule is Cc1ccccc1C(N)Cc1c(F)ccc(Br)c1F. The molecular formula is C15H14BrF2N. The highest BCUT2D eigenvalue weighted by Crippen LogP contribution is 2.26. The second kappa shape index (κ2) is 5.80. The van der Waals surface area contributed by atoms with Gasteiger partial charge in [0.2, 0.25) is 0 Å². The third-order valence-electron chi connectivity index (χ3n) is 3.15. The minimum Gasteiger partial charge on any atom is -0.324 e. The monoisotopic (exact) mass is 325 g/mol. The third kappa shape index (κ3) is 3.01. The molecule has 0 aliphatic rings. The molecule has 0 radical (unpaired) electrons. The van der Waals surface area contributed by atoms with E-state index < -0.39 is 17.7 Å². The van der Waals surface area contributed by atoms with Crippen molar-refractivity contribution in [3.8, 4) is 0 Å². The van der Waals surface area contributed by atoms with Crippen molar-refractivity contribution in [3.63, 3.8) is 0 Å². The fourth-order valence-corrected chi connectivity index (χ4v) is 2.46. The summed E-state index contributed by atoms with van der Waals surface area (Å²) in [5.74, 6) is -1.14. The summed E-state index contributed by atoms with van der Waals surface area (Å²) >= 11 is 3.06. The lowest BCUT2D eigenvalue weighted by Gasteiger charge is -2.16. The zero-order valence-electron chi connectivity index (χ0n) is 10.5. The minimum absolute atomic E-state index is 0.0186. The highest BCUT2D eigenvalue weighted by molar-refractivity contribution is 9.10. The van der Waals surface area contributed by atoms with E-state index in [0.29, 0.717) is 0 Å². The normalized spacial score (nSPS) is 12.5. The maximum Gasteiger partial charge on any atom is 0.143 e. The Hall–Kier alpha value is -1.26. The van der Waals surface area contributed by atoms with Crippen molar-refractivity contribution >= 4 is 15.9 Å². The van der Waals surface area contributed by atoms with Crippen LogP contribution >= 0.6 is 15.9 Å². The molecular weight excluding hydrogens is 312 g/mol. The van der Waals surface area contributed by atoms with Crippen LogP contribution in [0.15, 0.2) is 40.9 Å². The van der Waals surface area contributed by atoms with Crippen molar-refractivity contribution in [3.05, 3.63) is 69.2 Å². The first-order valence-corrected chi connectivity index (χ1v) is 6.73. The summed E-state index contributed by atoms with van der Waals surface area (Å²) in [5, 5.41) is 0. The highest BCUT2D eigenvalue weighted by Gasteiger charge is 2.17. The van der Waals surface area contributed by atoms with E-state index in [1.165, 1.54) is 12.1 Å². The molecule has 19 heavy (non-hydrogen) atoms. The Morgan fingerprint density at radius 1 is 1.16 bits per heavy atom. The number of hydrogen-bond acceptors (Lipinski definition) is 1. The minimum atomic E-state index is -0.580. The molecule has 1 nitrogen and oxygen atoms in total. The number of aryl methyl sites for hydroxylation is 1. The van der Waals surface area contributed by atoms with Crippen molar-refractivity contribution < 1.29 is 8.78 Å². The fourth-order valence-electron chi connectivity index (χ4n) is 2.09. The Morgan fingerprint density at radius 2 is 1.84 bits per heavy atom. The summed E-state index contributed by atoms with van der Waals surface area (Å²) in [4.78, 5) is 0. The van der Waals surface area contributed by atoms with Crippen molar-refractivity contribution in [1.29, 1.82) is 0 Å². The summed E-state index contributed by atoms with van der Waals surface area (Å²) in [6.45, 7) is 1.93. The van der Waals surface area contributed by atoms with Crippen LogP contribution in [0.3, 0.4) is 0 Å². The molecule has 4 heteroatoms. The van der Waals surface area contributed by atoms with Gasteiger partial charge in [-0.2, -0.15) is 0 Å². The molecule has 2 aromatic carbocycles. The Morgan fingerprint density at radius 3 is 2.53 bits per heavy atom. The second-order valence-corrected chi connectivity index (χ2v) is 5.34. The maximum atomic E-state index is 13.9. The van der Waals surface area contributed by atoms with Crippen LogP contribution in [0.25, 0.3) is 0 Å². The highest BCUT2D eigenvalue weighted by atomic mass is 79.9. The number of benzene rings is 2. The number of nitrogens with two attached hydrogens (primary N) is 1. The van der Waals surface area contributed by atoms with Gasteiger partial charge in [0.05, 0.1) is 4.47 Å². The summed E-state index contributed by atoms with van der Waals surface area (Å²) in [6, 6.07) is 9.76. The molecule has 2 aromatic rings. The van der Waals surface area contributed by atoms with E-state index in [-0.39, 0.29) is 16.5 Å². The Labute approximate surface area is 119 Å². The van der Waals surface area contributed by atoms with E-state index in [1.807, 2.05) is 31.2 Å². The van der Waals surface area contributed by atoms with Crippen molar-refractivity contribution in [1.82, 2.24) is 0 Å². The molecule has 100 valence electrons. The molecule has 2 rings (SSSR count). The second-order valence-electron chi connectivity index (χ2n) is 4.49.